The van der Waals surface area contributed by atoms with Crippen molar-refractivity contribution < 1.29 is 23.5 Å². The van der Waals surface area contributed by atoms with Crippen molar-refractivity contribution >= 4 is 34.5 Å². The predicted molar refractivity (Wildman–Crippen MR) is 142 cm³/mol. The first-order valence-electron chi connectivity index (χ1n) is 11.8. The van der Waals surface area contributed by atoms with Crippen LogP contribution in [-0.2, 0) is 16.0 Å². The molecule has 4 aromatic rings. The normalized spacial score (nSPS) is 11.0. The molecule has 9 heteroatoms. The van der Waals surface area contributed by atoms with E-state index in [1.54, 1.807) is 18.2 Å². The Hall–Kier alpha value is -5.10. The summed E-state index contributed by atoms with van der Waals surface area (Å²) in [4.78, 5) is 28.0. The molecule has 0 aliphatic heterocycles. The van der Waals surface area contributed by atoms with Crippen LogP contribution in [0.1, 0.15) is 11.1 Å². The number of aromatic nitrogens is 1. The number of carbonyl (C=O) groups is 2. The number of nitrogens with zero attached hydrogens (tertiary/aromatic N) is 1. The zero-order chi connectivity index (χ0) is 26.9. The van der Waals surface area contributed by atoms with Gasteiger partial charge in [0, 0.05) is 29.3 Å². The van der Waals surface area contributed by atoms with E-state index in [2.05, 4.69) is 15.6 Å². The molecule has 0 saturated heterocycles. The number of rotatable bonds is 10. The Morgan fingerprint density at radius 2 is 1.87 bits per heavy atom. The van der Waals surface area contributed by atoms with Gasteiger partial charge in [-0.2, -0.15) is 5.26 Å². The number of amides is 2. The fourth-order valence-electron chi connectivity index (χ4n) is 3.83. The monoisotopic (exact) mass is 512 g/mol. The molecular formula is C29H25FN4O4. The van der Waals surface area contributed by atoms with Crippen LogP contribution in [0.2, 0.25) is 0 Å². The standard InChI is InChI=1S/C29H25FN4O4/c1-37-27-15-19(6-11-26(27)38-18-28(35)34-23-9-7-22(30)8-10-23)14-21(16-31)29(36)32-13-12-20-17-33-25-5-3-2-4-24(20)25/h2-11,14-15,17,33H,12-13,18H2,1H3,(H,32,36)(H,34,35)/b21-14-. The number of carbonyl (C=O) groups excluding carboxylic acids is 2. The van der Waals surface area contributed by atoms with Gasteiger partial charge in [0.1, 0.15) is 17.5 Å². The largest absolute Gasteiger partial charge is 0.493 e. The minimum absolute atomic E-state index is 0.0571. The highest BCUT2D eigenvalue weighted by molar-refractivity contribution is 6.01. The highest BCUT2D eigenvalue weighted by Crippen LogP contribution is 2.29. The summed E-state index contributed by atoms with van der Waals surface area (Å²) in [5.41, 5.74) is 3.04. The molecular weight excluding hydrogens is 487 g/mol. The number of methoxy groups -OCH3 is 1. The average molecular weight is 513 g/mol. The van der Waals surface area contributed by atoms with Crippen LogP contribution in [0.25, 0.3) is 17.0 Å². The number of nitriles is 1. The Kier molecular flexibility index (Phi) is 8.36. The molecule has 38 heavy (non-hydrogen) atoms. The van der Waals surface area contributed by atoms with E-state index in [4.69, 9.17) is 9.47 Å². The van der Waals surface area contributed by atoms with Gasteiger partial charge < -0.3 is 25.1 Å². The molecule has 0 aliphatic carbocycles. The van der Waals surface area contributed by atoms with E-state index in [9.17, 15) is 19.2 Å². The van der Waals surface area contributed by atoms with Crippen LogP contribution in [-0.4, -0.2) is 37.1 Å². The maximum atomic E-state index is 13.0. The van der Waals surface area contributed by atoms with Gasteiger partial charge in [0.2, 0.25) is 0 Å². The summed E-state index contributed by atoms with van der Waals surface area (Å²) < 4.78 is 23.9. The van der Waals surface area contributed by atoms with Crippen LogP contribution < -0.4 is 20.1 Å². The predicted octanol–water partition coefficient (Wildman–Crippen LogP) is 4.60. The van der Waals surface area contributed by atoms with Gasteiger partial charge in [-0.05, 0) is 66.1 Å². The Bertz CT molecular complexity index is 1520. The molecule has 0 unspecified atom stereocenters. The van der Waals surface area contributed by atoms with E-state index in [0.717, 1.165) is 16.5 Å². The van der Waals surface area contributed by atoms with E-state index in [1.165, 1.54) is 37.5 Å². The molecule has 0 fully saturated rings. The van der Waals surface area contributed by atoms with Crippen molar-refractivity contribution in [1.82, 2.24) is 10.3 Å². The Balaban J connectivity index is 1.34. The number of nitrogens with one attached hydrogen (secondary N) is 3. The molecule has 3 N–H and O–H groups in total. The molecule has 192 valence electrons. The van der Waals surface area contributed by atoms with Crippen molar-refractivity contribution in [1.29, 1.82) is 5.26 Å². The summed E-state index contributed by atoms with van der Waals surface area (Å²) in [6.45, 7) is 0.0704. The van der Waals surface area contributed by atoms with Crippen molar-refractivity contribution in [3.05, 3.63) is 95.4 Å². The fourth-order valence-corrected chi connectivity index (χ4v) is 3.83. The maximum absolute atomic E-state index is 13.0. The zero-order valence-electron chi connectivity index (χ0n) is 20.6. The summed E-state index contributed by atoms with van der Waals surface area (Å²) in [7, 11) is 1.44. The molecule has 1 aromatic heterocycles. The van der Waals surface area contributed by atoms with E-state index in [-0.39, 0.29) is 12.2 Å². The number of fused-ring (bicyclic) bond motifs is 1. The van der Waals surface area contributed by atoms with Crippen LogP contribution in [0.4, 0.5) is 10.1 Å². The smallest absolute Gasteiger partial charge is 0.262 e. The molecule has 0 bridgehead atoms. The van der Waals surface area contributed by atoms with Crippen LogP contribution in [0.5, 0.6) is 11.5 Å². The topological polar surface area (TPSA) is 116 Å². The third-order valence-corrected chi connectivity index (χ3v) is 5.71. The number of para-hydroxylation sites is 1. The quantitative estimate of drug-likeness (QED) is 0.212. The molecule has 0 saturated carbocycles. The Morgan fingerprint density at radius 1 is 1.08 bits per heavy atom. The molecule has 0 atom stereocenters. The SMILES string of the molecule is COc1cc(/C=C(/C#N)C(=O)NCCc2c[nH]c3ccccc23)ccc1OCC(=O)Nc1ccc(F)cc1. The summed E-state index contributed by atoms with van der Waals surface area (Å²) in [6, 6.07) is 20.1. The second kappa shape index (κ2) is 12.2. The summed E-state index contributed by atoms with van der Waals surface area (Å²) in [6.07, 6.45) is 3.98. The van der Waals surface area contributed by atoms with Gasteiger partial charge in [-0.25, -0.2) is 4.39 Å². The van der Waals surface area contributed by atoms with Crippen molar-refractivity contribution in [2.75, 3.05) is 25.6 Å². The van der Waals surface area contributed by atoms with Gasteiger partial charge in [0.05, 0.1) is 7.11 Å². The number of anilines is 1. The second-order valence-corrected chi connectivity index (χ2v) is 8.29. The van der Waals surface area contributed by atoms with E-state index in [0.29, 0.717) is 35.7 Å². The molecule has 0 spiro atoms. The molecule has 8 nitrogen and oxygen atoms in total. The highest BCUT2D eigenvalue weighted by atomic mass is 19.1. The minimum Gasteiger partial charge on any atom is -0.493 e. The van der Waals surface area contributed by atoms with Crippen LogP contribution in [0.15, 0.2) is 78.5 Å². The van der Waals surface area contributed by atoms with Gasteiger partial charge in [0.15, 0.2) is 18.1 Å². The summed E-state index contributed by atoms with van der Waals surface area (Å²) >= 11 is 0. The van der Waals surface area contributed by atoms with Crippen molar-refractivity contribution in [2.45, 2.75) is 6.42 Å². The first-order chi connectivity index (χ1) is 18.5. The number of hydrogen-bond donors (Lipinski definition) is 3. The fraction of sp³-hybridized carbons (Fsp3) is 0.138. The van der Waals surface area contributed by atoms with Crippen molar-refractivity contribution in [2.24, 2.45) is 0 Å². The van der Waals surface area contributed by atoms with Crippen LogP contribution in [0, 0.1) is 17.1 Å². The molecule has 1 heterocycles. The number of H-pyrrole nitrogens is 1. The lowest BCUT2D eigenvalue weighted by molar-refractivity contribution is -0.118. The van der Waals surface area contributed by atoms with Crippen LogP contribution in [0.3, 0.4) is 0 Å². The highest BCUT2D eigenvalue weighted by Gasteiger charge is 2.12. The number of halogens is 1. The Morgan fingerprint density at radius 3 is 2.63 bits per heavy atom. The number of benzene rings is 3. The second-order valence-electron chi connectivity index (χ2n) is 8.29. The lowest BCUT2D eigenvalue weighted by Crippen LogP contribution is -2.26. The third-order valence-electron chi connectivity index (χ3n) is 5.71. The molecule has 0 aliphatic rings. The number of aromatic amines is 1. The number of ether oxygens (including phenoxy) is 2. The summed E-state index contributed by atoms with van der Waals surface area (Å²) in [5.74, 6) is -0.686. The molecule has 4 rings (SSSR count). The van der Waals surface area contributed by atoms with Gasteiger partial charge in [-0.15, -0.1) is 0 Å². The molecule has 3 aromatic carbocycles. The molecule has 2 amide bonds. The van der Waals surface area contributed by atoms with Gasteiger partial charge >= 0.3 is 0 Å². The van der Waals surface area contributed by atoms with E-state index < -0.39 is 17.6 Å². The maximum Gasteiger partial charge on any atom is 0.262 e. The van der Waals surface area contributed by atoms with E-state index in [1.807, 2.05) is 36.5 Å². The summed E-state index contributed by atoms with van der Waals surface area (Å²) in [5, 5.41) is 16.0. The minimum atomic E-state index is -0.482. The third kappa shape index (κ3) is 6.56. The van der Waals surface area contributed by atoms with Crippen molar-refractivity contribution in [3.8, 4) is 17.6 Å². The van der Waals surface area contributed by atoms with Gasteiger partial charge in [0.25, 0.3) is 11.8 Å². The van der Waals surface area contributed by atoms with Gasteiger partial charge in [-0.1, -0.05) is 24.3 Å². The lowest BCUT2D eigenvalue weighted by Gasteiger charge is -2.12. The lowest BCUT2D eigenvalue weighted by atomic mass is 10.1. The first kappa shape index (κ1) is 26.0. The van der Waals surface area contributed by atoms with Crippen molar-refractivity contribution in [3.63, 3.8) is 0 Å². The van der Waals surface area contributed by atoms with E-state index >= 15 is 0 Å². The first-order valence-corrected chi connectivity index (χ1v) is 11.8. The molecule has 0 radical (unpaired) electrons. The van der Waals surface area contributed by atoms with Gasteiger partial charge in [-0.3, -0.25) is 9.59 Å². The number of hydrogen-bond acceptors (Lipinski definition) is 5. The zero-order valence-corrected chi connectivity index (χ0v) is 20.6. The average Bonchev–Trinajstić information content (AvgIpc) is 3.35. The Labute approximate surface area is 218 Å². The van der Waals surface area contributed by atoms with Crippen LogP contribution >= 0.6 is 0 Å².